The zero-order valence-corrected chi connectivity index (χ0v) is 18.4. The summed E-state index contributed by atoms with van der Waals surface area (Å²) < 4.78 is 11.2. The molecule has 6 heteroatoms. The molecule has 1 aromatic carbocycles. The zero-order valence-electron chi connectivity index (χ0n) is 18.4. The average molecular weight is 391 g/mol. The van der Waals surface area contributed by atoms with Crippen molar-refractivity contribution >= 4 is 5.96 Å². The maximum absolute atomic E-state index is 5.63. The van der Waals surface area contributed by atoms with Gasteiger partial charge in [0.25, 0.3) is 0 Å². The first kappa shape index (κ1) is 22.7. The lowest BCUT2D eigenvalue weighted by Crippen LogP contribution is -2.45. The molecule has 0 radical (unpaired) electrons. The fourth-order valence-electron chi connectivity index (χ4n) is 3.47. The highest BCUT2D eigenvalue weighted by molar-refractivity contribution is 5.79. The van der Waals surface area contributed by atoms with Crippen LogP contribution in [0.1, 0.15) is 38.8 Å². The van der Waals surface area contributed by atoms with Crippen molar-refractivity contribution in [1.82, 2.24) is 15.5 Å². The normalized spacial score (nSPS) is 20.1. The lowest BCUT2D eigenvalue weighted by Gasteiger charge is -2.31. The molecule has 6 nitrogen and oxygen atoms in total. The summed E-state index contributed by atoms with van der Waals surface area (Å²) in [4.78, 5) is 6.79. The summed E-state index contributed by atoms with van der Waals surface area (Å²) in [6, 6.07) is 8.75. The topological polar surface area (TPSA) is 58.1 Å². The van der Waals surface area contributed by atoms with Gasteiger partial charge in [0.1, 0.15) is 0 Å². The third kappa shape index (κ3) is 7.41. The van der Waals surface area contributed by atoms with Gasteiger partial charge in [-0.25, -0.2) is 0 Å². The highest BCUT2D eigenvalue weighted by Crippen LogP contribution is 2.20. The van der Waals surface area contributed by atoms with E-state index in [0.29, 0.717) is 6.10 Å². The van der Waals surface area contributed by atoms with Crippen LogP contribution in [0.25, 0.3) is 0 Å². The molecule has 1 saturated heterocycles. The van der Waals surface area contributed by atoms with Gasteiger partial charge in [-0.2, -0.15) is 0 Å². The summed E-state index contributed by atoms with van der Waals surface area (Å²) in [5.41, 5.74) is 2.66. The van der Waals surface area contributed by atoms with Crippen LogP contribution >= 0.6 is 0 Å². The number of aliphatic imine (C=N–C) groups is 1. The number of nitrogens with zero attached hydrogens (tertiary/aromatic N) is 2. The van der Waals surface area contributed by atoms with Gasteiger partial charge in [0.15, 0.2) is 5.96 Å². The molecule has 1 aromatic rings. The van der Waals surface area contributed by atoms with E-state index in [2.05, 4.69) is 72.5 Å². The van der Waals surface area contributed by atoms with E-state index in [-0.39, 0.29) is 11.5 Å². The number of nitrogens with one attached hydrogen (secondary N) is 2. The van der Waals surface area contributed by atoms with E-state index in [1.54, 1.807) is 14.2 Å². The van der Waals surface area contributed by atoms with Crippen molar-refractivity contribution in [2.24, 2.45) is 10.4 Å². The minimum absolute atomic E-state index is 0.0753. The highest BCUT2D eigenvalue weighted by atomic mass is 16.5. The van der Waals surface area contributed by atoms with Gasteiger partial charge in [-0.1, -0.05) is 45.0 Å². The third-order valence-corrected chi connectivity index (χ3v) is 5.11. The molecule has 0 aromatic heterocycles. The summed E-state index contributed by atoms with van der Waals surface area (Å²) in [6.45, 7) is 13.9. The largest absolute Gasteiger partial charge is 0.379 e. The number of rotatable bonds is 7. The standard InChI is InChI=1S/C22H38N4O2/c1-17-15-26(10-11-28-17)16-19-9-7-8-18(12-19)13-24-21(23-5)25-14-20(27-6)22(2,3)4/h7-9,12,17,20H,10-11,13-16H2,1-6H3,(H2,23,24,25). The van der Waals surface area contributed by atoms with Crippen LogP contribution in [0, 0.1) is 5.41 Å². The molecule has 2 N–H and O–H groups in total. The van der Waals surface area contributed by atoms with Crippen molar-refractivity contribution in [3.63, 3.8) is 0 Å². The van der Waals surface area contributed by atoms with Gasteiger partial charge in [-0.15, -0.1) is 0 Å². The van der Waals surface area contributed by atoms with Crippen LogP contribution in [0.5, 0.6) is 0 Å². The van der Waals surface area contributed by atoms with Gasteiger partial charge in [0.05, 0.1) is 18.8 Å². The molecule has 2 unspecified atom stereocenters. The number of hydrogen-bond acceptors (Lipinski definition) is 4. The smallest absolute Gasteiger partial charge is 0.191 e. The van der Waals surface area contributed by atoms with Crippen LogP contribution in [0.3, 0.4) is 0 Å². The van der Waals surface area contributed by atoms with E-state index in [0.717, 1.165) is 45.3 Å². The van der Waals surface area contributed by atoms with Crippen LogP contribution in [0.15, 0.2) is 29.3 Å². The highest BCUT2D eigenvalue weighted by Gasteiger charge is 2.24. The summed E-state index contributed by atoms with van der Waals surface area (Å²) >= 11 is 0. The summed E-state index contributed by atoms with van der Waals surface area (Å²) in [5.74, 6) is 0.790. The average Bonchev–Trinajstić information content (AvgIpc) is 2.64. The van der Waals surface area contributed by atoms with Gasteiger partial charge in [-0.05, 0) is 23.5 Å². The number of benzene rings is 1. The Kier molecular flexibility index (Phi) is 8.73. The Balaban J connectivity index is 1.85. The molecule has 0 saturated carbocycles. The van der Waals surface area contributed by atoms with Crippen LogP contribution in [-0.2, 0) is 22.6 Å². The van der Waals surface area contributed by atoms with Gasteiger partial charge < -0.3 is 20.1 Å². The lowest BCUT2D eigenvalue weighted by atomic mass is 9.89. The van der Waals surface area contributed by atoms with E-state index in [1.807, 2.05) is 0 Å². The minimum atomic E-state index is 0.0753. The van der Waals surface area contributed by atoms with E-state index < -0.39 is 0 Å². The van der Waals surface area contributed by atoms with Crippen molar-refractivity contribution in [3.8, 4) is 0 Å². The SMILES string of the molecule is CN=C(NCc1cccc(CN2CCOC(C)C2)c1)NCC(OC)C(C)(C)C. The Hall–Kier alpha value is -1.63. The van der Waals surface area contributed by atoms with E-state index in [1.165, 1.54) is 11.1 Å². The minimum Gasteiger partial charge on any atom is -0.379 e. The first-order valence-electron chi connectivity index (χ1n) is 10.2. The molecule has 2 atom stereocenters. The maximum Gasteiger partial charge on any atom is 0.191 e. The molecule has 1 fully saturated rings. The van der Waals surface area contributed by atoms with Crippen molar-refractivity contribution in [2.75, 3.05) is 40.4 Å². The summed E-state index contributed by atoms with van der Waals surface area (Å²) in [5, 5.41) is 6.78. The number of morpholine rings is 1. The second-order valence-electron chi connectivity index (χ2n) is 8.63. The first-order valence-corrected chi connectivity index (χ1v) is 10.2. The van der Waals surface area contributed by atoms with Crippen molar-refractivity contribution in [1.29, 1.82) is 0 Å². The zero-order chi connectivity index (χ0) is 20.6. The molecular formula is C22H38N4O2. The number of methoxy groups -OCH3 is 1. The predicted molar refractivity (Wildman–Crippen MR) is 116 cm³/mol. The van der Waals surface area contributed by atoms with Crippen LogP contribution < -0.4 is 10.6 Å². The molecule has 158 valence electrons. The van der Waals surface area contributed by atoms with Crippen LogP contribution in [-0.4, -0.2) is 63.5 Å². The summed E-state index contributed by atoms with van der Waals surface area (Å²) in [6.07, 6.45) is 0.433. The predicted octanol–water partition coefficient (Wildman–Crippen LogP) is 2.63. The molecule has 0 amide bonds. The van der Waals surface area contributed by atoms with Gasteiger partial charge in [-0.3, -0.25) is 9.89 Å². The molecule has 1 aliphatic rings. The van der Waals surface area contributed by atoms with E-state index in [9.17, 15) is 0 Å². The van der Waals surface area contributed by atoms with Gasteiger partial charge in [0.2, 0.25) is 0 Å². The Labute approximate surface area is 170 Å². The van der Waals surface area contributed by atoms with Crippen LogP contribution in [0.2, 0.25) is 0 Å². The molecule has 0 aliphatic carbocycles. The van der Waals surface area contributed by atoms with Crippen LogP contribution in [0.4, 0.5) is 0 Å². The molecule has 0 spiro atoms. The third-order valence-electron chi connectivity index (χ3n) is 5.11. The fraction of sp³-hybridized carbons (Fsp3) is 0.682. The van der Waals surface area contributed by atoms with Crippen molar-refractivity contribution < 1.29 is 9.47 Å². The summed E-state index contributed by atoms with van der Waals surface area (Å²) in [7, 11) is 3.55. The number of guanidine groups is 1. The number of ether oxygens (including phenoxy) is 2. The second kappa shape index (κ2) is 10.8. The second-order valence-corrected chi connectivity index (χ2v) is 8.63. The van der Waals surface area contributed by atoms with E-state index >= 15 is 0 Å². The monoisotopic (exact) mass is 390 g/mol. The molecule has 0 bridgehead atoms. The molecule has 28 heavy (non-hydrogen) atoms. The Morgan fingerprint density at radius 1 is 1.32 bits per heavy atom. The Morgan fingerprint density at radius 2 is 2.07 bits per heavy atom. The molecule has 1 heterocycles. The first-order chi connectivity index (χ1) is 13.3. The Morgan fingerprint density at radius 3 is 2.71 bits per heavy atom. The maximum atomic E-state index is 5.63. The lowest BCUT2D eigenvalue weighted by molar-refractivity contribution is -0.0212. The quantitative estimate of drug-likeness (QED) is 0.554. The molecular weight excluding hydrogens is 352 g/mol. The van der Waals surface area contributed by atoms with E-state index in [4.69, 9.17) is 9.47 Å². The van der Waals surface area contributed by atoms with Gasteiger partial charge >= 0.3 is 0 Å². The Bertz CT molecular complexity index is 627. The fourth-order valence-corrected chi connectivity index (χ4v) is 3.47. The molecule has 2 rings (SSSR count). The molecule has 1 aliphatic heterocycles. The van der Waals surface area contributed by atoms with Gasteiger partial charge in [0, 0.05) is 46.9 Å². The van der Waals surface area contributed by atoms with Crippen molar-refractivity contribution in [3.05, 3.63) is 35.4 Å². The van der Waals surface area contributed by atoms with Crippen molar-refractivity contribution in [2.45, 2.75) is 53.0 Å². The number of hydrogen-bond donors (Lipinski definition) is 2.